The number of hydrogen-bond donors (Lipinski definition) is 3. The van der Waals surface area contributed by atoms with E-state index in [2.05, 4.69) is 28.7 Å². The Bertz CT molecular complexity index is 855. The van der Waals surface area contributed by atoms with Crippen molar-refractivity contribution in [1.82, 2.24) is 15.0 Å². The fraction of sp³-hybridized carbons (Fsp3) is 0.526. The van der Waals surface area contributed by atoms with Crippen LogP contribution < -0.4 is 16.4 Å². The predicted molar refractivity (Wildman–Crippen MR) is 114 cm³/mol. The zero-order chi connectivity index (χ0) is 20.5. The van der Waals surface area contributed by atoms with Crippen molar-refractivity contribution in [2.45, 2.75) is 56.2 Å². The van der Waals surface area contributed by atoms with Gasteiger partial charge in [-0.15, -0.1) is 0 Å². The molecule has 9 heteroatoms. The van der Waals surface area contributed by atoms with E-state index in [0.29, 0.717) is 15.7 Å². The molecule has 0 radical (unpaired) electrons. The molecule has 0 saturated carbocycles. The van der Waals surface area contributed by atoms with Crippen LogP contribution >= 0.6 is 23.4 Å². The van der Waals surface area contributed by atoms with Gasteiger partial charge in [0.15, 0.2) is 5.82 Å². The van der Waals surface area contributed by atoms with Crippen molar-refractivity contribution in [3.8, 4) is 0 Å². The number of aryl methyl sites for hydroxylation is 1. The Morgan fingerprint density at radius 1 is 1.36 bits per heavy atom. The second-order valence-electron chi connectivity index (χ2n) is 7.58. The SMILES string of the molecule is Cc1nc(N2CCC(C)([C@H](C)N)CC2)c(CO)nc1Sc1ccnc(N)c1Cl. The molecule has 5 N–H and O–H groups in total. The van der Waals surface area contributed by atoms with Gasteiger partial charge in [0.2, 0.25) is 0 Å². The lowest BCUT2D eigenvalue weighted by molar-refractivity contribution is 0.204. The van der Waals surface area contributed by atoms with Crippen LogP contribution in [0.25, 0.3) is 0 Å². The number of hydrogen-bond acceptors (Lipinski definition) is 8. The van der Waals surface area contributed by atoms with Crippen LogP contribution in [0.2, 0.25) is 5.02 Å². The van der Waals surface area contributed by atoms with Crippen molar-refractivity contribution in [3.63, 3.8) is 0 Å². The molecule has 0 aliphatic carbocycles. The highest BCUT2D eigenvalue weighted by atomic mass is 35.5. The second kappa shape index (κ2) is 8.41. The van der Waals surface area contributed by atoms with E-state index in [-0.39, 0.29) is 23.9 Å². The molecule has 28 heavy (non-hydrogen) atoms. The third-order valence-corrected chi connectivity index (χ3v) is 7.27. The van der Waals surface area contributed by atoms with Crippen molar-refractivity contribution in [2.24, 2.45) is 11.1 Å². The average molecular weight is 423 g/mol. The van der Waals surface area contributed by atoms with Gasteiger partial charge in [-0.3, -0.25) is 0 Å². The molecule has 1 atom stereocenters. The Balaban J connectivity index is 1.85. The van der Waals surface area contributed by atoms with Gasteiger partial charge in [-0.1, -0.05) is 30.3 Å². The van der Waals surface area contributed by atoms with Gasteiger partial charge in [0.1, 0.15) is 16.5 Å². The van der Waals surface area contributed by atoms with Crippen LogP contribution in [0.15, 0.2) is 22.2 Å². The summed E-state index contributed by atoms with van der Waals surface area (Å²) < 4.78 is 0. The molecule has 152 valence electrons. The maximum atomic E-state index is 9.91. The smallest absolute Gasteiger partial charge is 0.153 e. The van der Waals surface area contributed by atoms with E-state index in [4.69, 9.17) is 28.1 Å². The first-order chi connectivity index (χ1) is 13.2. The maximum absolute atomic E-state index is 9.91. The number of nitrogen functional groups attached to an aromatic ring is 1. The number of nitrogens with two attached hydrogens (primary N) is 2. The quantitative estimate of drug-likeness (QED) is 0.673. The summed E-state index contributed by atoms with van der Waals surface area (Å²) in [6, 6.07) is 1.94. The largest absolute Gasteiger partial charge is 0.390 e. The van der Waals surface area contributed by atoms with Gasteiger partial charge < -0.3 is 21.5 Å². The van der Waals surface area contributed by atoms with Crippen molar-refractivity contribution in [1.29, 1.82) is 0 Å². The number of anilines is 2. The minimum absolute atomic E-state index is 0.131. The van der Waals surface area contributed by atoms with Crippen LogP contribution in [-0.2, 0) is 6.61 Å². The lowest BCUT2D eigenvalue weighted by atomic mass is 9.75. The summed E-state index contributed by atoms with van der Waals surface area (Å²) in [4.78, 5) is 16.4. The molecular weight excluding hydrogens is 396 g/mol. The summed E-state index contributed by atoms with van der Waals surface area (Å²) in [5, 5.41) is 11.0. The molecule has 0 bridgehead atoms. The number of aromatic nitrogens is 3. The van der Waals surface area contributed by atoms with Gasteiger partial charge >= 0.3 is 0 Å². The van der Waals surface area contributed by atoms with Gasteiger partial charge in [-0.2, -0.15) is 0 Å². The standard InChI is InChI=1S/C19H27ClN6OS/c1-11-18(28-14-4-7-23-16(22)15(14)20)25-13(10-27)17(24-11)26-8-5-19(3,6-9-26)12(2)21/h4,7,12,27H,5-6,8-10,21H2,1-3H3,(H2,22,23)/t12-/m0/s1. The number of halogens is 1. The molecule has 3 rings (SSSR count). The predicted octanol–water partition coefficient (Wildman–Crippen LogP) is 3.01. The van der Waals surface area contributed by atoms with Crippen molar-refractivity contribution < 1.29 is 5.11 Å². The molecule has 1 aliphatic heterocycles. The highest BCUT2D eigenvalue weighted by Crippen LogP contribution is 2.38. The molecule has 1 aliphatic rings. The van der Waals surface area contributed by atoms with Crippen molar-refractivity contribution >= 4 is 35.0 Å². The van der Waals surface area contributed by atoms with Gasteiger partial charge in [0.25, 0.3) is 0 Å². The Kier molecular flexibility index (Phi) is 6.34. The minimum Gasteiger partial charge on any atom is -0.390 e. The number of aliphatic hydroxyl groups excluding tert-OH is 1. The Labute approximate surface area is 174 Å². The normalized spacial score (nSPS) is 17.6. The summed E-state index contributed by atoms with van der Waals surface area (Å²) in [6.07, 6.45) is 3.58. The molecule has 0 aromatic carbocycles. The van der Waals surface area contributed by atoms with Crippen LogP contribution in [0.4, 0.5) is 11.6 Å². The fourth-order valence-corrected chi connectivity index (χ4v) is 4.40. The Morgan fingerprint density at radius 2 is 2.04 bits per heavy atom. The minimum atomic E-state index is -0.177. The van der Waals surface area contributed by atoms with Crippen LogP contribution in [-0.4, -0.2) is 39.2 Å². The number of nitrogens with zero attached hydrogens (tertiary/aromatic N) is 4. The van der Waals surface area contributed by atoms with Crippen LogP contribution in [0.3, 0.4) is 0 Å². The summed E-state index contributed by atoms with van der Waals surface area (Å²) in [5.41, 5.74) is 13.4. The molecule has 2 aromatic rings. The van der Waals surface area contributed by atoms with E-state index in [1.807, 2.05) is 6.92 Å². The summed E-state index contributed by atoms with van der Waals surface area (Å²) in [7, 11) is 0. The number of aliphatic hydroxyl groups is 1. The molecule has 1 fully saturated rings. The molecule has 0 unspecified atom stereocenters. The first-order valence-electron chi connectivity index (χ1n) is 9.32. The van der Waals surface area contributed by atoms with Gasteiger partial charge in [-0.05, 0) is 38.2 Å². The monoisotopic (exact) mass is 422 g/mol. The first-order valence-corrected chi connectivity index (χ1v) is 10.5. The summed E-state index contributed by atoms with van der Waals surface area (Å²) in [6.45, 7) is 7.74. The Morgan fingerprint density at radius 3 is 2.64 bits per heavy atom. The molecule has 1 saturated heterocycles. The lowest BCUT2D eigenvalue weighted by Gasteiger charge is -2.42. The molecule has 0 spiro atoms. The van der Waals surface area contributed by atoms with E-state index >= 15 is 0 Å². The van der Waals surface area contributed by atoms with E-state index < -0.39 is 0 Å². The zero-order valence-corrected chi connectivity index (χ0v) is 18.0. The highest BCUT2D eigenvalue weighted by Gasteiger charge is 2.34. The zero-order valence-electron chi connectivity index (χ0n) is 16.4. The third-order valence-electron chi connectivity index (χ3n) is 5.62. The third kappa shape index (κ3) is 4.20. The van der Waals surface area contributed by atoms with Crippen LogP contribution in [0.1, 0.15) is 38.1 Å². The average Bonchev–Trinajstić information content (AvgIpc) is 2.67. The fourth-order valence-electron chi connectivity index (χ4n) is 3.29. The topological polar surface area (TPSA) is 114 Å². The van der Waals surface area contributed by atoms with Crippen LogP contribution in [0, 0.1) is 12.3 Å². The van der Waals surface area contributed by atoms with Crippen molar-refractivity contribution in [2.75, 3.05) is 23.7 Å². The highest BCUT2D eigenvalue weighted by molar-refractivity contribution is 7.99. The van der Waals surface area contributed by atoms with E-state index in [9.17, 15) is 5.11 Å². The van der Waals surface area contributed by atoms with Gasteiger partial charge in [-0.25, -0.2) is 15.0 Å². The summed E-state index contributed by atoms with van der Waals surface area (Å²) in [5.74, 6) is 1.03. The lowest BCUT2D eigenvalue weighted by Crippen LogP contribution is -2.47. The van der Waals surface area contributed by atoms with E-state index in [1.54, 1.807) is 12.3 Å². The molecular formula is C19H27ClN6OS. The van der Waals surface area contributed by atoms with Gasteiger partial charge in [0, 0.05) is 30.2 Å². The first kappa shape index (κ1) is 21.1. The molecule has 2 aromatic heterocycles. The molecule has 3 heterocycles. The van der Waals surface area contributed by atoms with Crippen LogP contribution in [0.5, 0.6) is 0 Å². The van der Waals surface area contributed by atoms with Crippen molar-refractivity contribution in [3.05, 3.63) is 28.7 Å². The summed E-state index contributed by atoms with van der Waals surface area (Å²) >= 11 is 7.62. The van der Waals surface area contributed by atoms with Gasteiger partial charge in [0.05, 0.1) is 17.3 Å². The number of piperidine rings is 1. The Hall–Kier alpha value is -1.61. The maximum Gasteiger partial charge on any atom is 0.153 e. The van der Waals surface area contributed by atoms with E-state index in [1.165, 1.54) is 11.8 Å². The number of rotatable bonds is 5. The molecule has 7 nitrogen and oxygen atoms in total. The number of pyridine rings is 1. The second-order valence-corrected chi connectivity index (χ2v) is 8.99. The van der Waals surface area contributed by atoms with E-state index in [0.717, 1.165) is 42.3 Å². The molecule has 0 amide bonds.